The predicted molar refractivity (Wildman–Crippen MR) is 104 cm³/mol. The molecule has 0 aliphatic carbocycles. The van der Waals surface area contributed by atoms with Gasteiger partial charge in [0.1, 0.15) is 5.82 Å². The van der Waals surface area contributed by atoms with Gasteiger partial charge in [-0.1, -0.05) is 41.2 Å². The Morgan fingerprint density at radius 1 is 1.33 bits per heavy atom. The van der Waals surface area contributed by atoms with Gasteiger partial charge in [-0.3, -0.25) is 9.69 Å². The second kappa shape index (κ2) is 6.94. The molecule has 3 N–H and O–H groups in total. The smallest absolute Gasteiger partial charge is 0.230 e. The van der Waals surface area contributed by atoms with Crippen molar-refractivity contribution in [2.45, 2.75) is 32.7 Å². The van der Waals surface area contributed by atoms with E-state index in [1.807, 2.05) is 13.0 Å². The number of thiazole rings is 1. The summed E-state index contributed by atoms with van der Waals surface area (Å²) in [6.45, 7) is 5.37. The lowest BCUT2D eigenvalue weighted by Gasteiger charge is -2.36. The van der Waals surface area contributed by atoms with E-state index in [4.69, 9.17) is 5.73 Å². The standard InChI is InChI=1S/C19H23N5O2S/c1-11-4-3-5-14(10-11)15(23-8-6-13(7-9-23)17(20)25)16-18(26)24-19(27-16)21-12(2)22-24/h3-5,10,13,15,26H,6-9H2,1-2H3,(H2,20,25)/t15-/m1/s1. The number of likely N-dealkylation sites (tertiary alicyclic amines) is 1. The van der Waals surface area contributed by atoms with Gasteiger partial charge in [0.25, 0.3) is 0 Å². The summed E-state index contributed by atoms with van der Waals surface area (Å²) < 4.78 is 1.51. The number of amides is 1. The molecule has 1 aliphatic rings. The third-order valence-corrected chi connectivity index (χ3v) is 6.28. The van der Waals surface area contributed by atoms with Gasteiger partial charge >= 0.3 is 0 Å². The molecular formula is C19H23N5O2S. The van der Waals surface area contributed by atoms with Crippen molar-refractivity contribution in [2.24, 2.45) is 11.7 Å². The number of rotatable bonds is 4. The Hall–Kier alpha value is -2.45. The Kier molecular flexibility index (Phi) is 4.61. The fraction of sp³-hybridized carbons (Fsp3) is 0.421. The second-order valence-corrected chi connectivity index (χ2v) is 8.18. The van der Waals surface area contributed by atoms with Gasteiger partial charge in [-0.15, -0.1) is 5.10 Å². The molecule has 0 unspecified atom stereocenters. The van der Waals surface area contributed by atoms with Crippen LogP contribution in [0.3, 0.4) is 0 Å². The third-order valence-electron chi connectivity index (χ3n) is 5.21. The van der Waals surface area contributed by atoms with Crippen molar-refractivity contribution in [3.63, 3.8) is 0 Å². The van der Waals surface area contributed by atoms with Crippen molar-refractivity contribution >= 4 is 22.2 Å². The molecule has 27 heavy (non-hydrogen) atoms. The van der Waals surface area contributed by atoms with Crippen LogP contribution in [0.1, 0.15) is 40.7 Å². The summed E-state index contributed by atoms with van der Waals surface area (Å²) in [5.74, 6) is 0.480. The monoisotopic (exact) mass is 385 g/mol. The lowest BCUT2D eigenvalue weighted by molar-refractivity contribution is -0.123. The fourth-order valence-electron chi connectivity index (χ4n) is 3.84. The number of carbonyl (C=O) groups excluding carboxylic acids is 1. The molecule has 1 saturated heterocycles. The van der Waals surface area contributed by atoms with Gasteiger partial charge in [0.05, 0.1) is 10.9 Å². The van der Waals surface area contributed by atoms with Crippen LogP contribution in [0, 0.1) is 19.8 Å². The van der Waals surface area contributed by atoms with Crippen LogP contribution in [-0.2, 0) is 4.79 Å². The molecule has 0 radical (unpaired) electrons. The molecule has 8 heteroatoms. The molecule has 0 saturated carbocycles. The van der Waals surface area contributed by atoms with Gasteiger partial charge in [0.2, 0.25) is 16.7 Å². The number of aryl methyl sites for hydroxylation is 2. The fourth-order valence-corrected chi connectivity index (χ4v) is 5.00. The second-order valence-electron chi connectivity index (χ2n) is 7.17. The average Bonchev–Trinajstić information content (AvgIpc) is 3.14. The maximum Gasteiger partial charge on any atom is 0.230 e. The number of aromatic nitrogens is 3. The Morgan fingerprint density at radius 3 is 2.70 bits per heavy atom. The molecular weight excluding hydrogens is 362 g/mol. The first kappa shape index (κ1) is 17.9. The molecule has 4 rings (SSSR count). The zero-order valence-corrected chi connectivity index (χ0v) is 16.2. The number of fused-ring (bicyclic) bond motifs is 1. The predicted octanol–water partition coefficient (Wildman–Crippen LogP) is 2.40. The zero-order chi connectivity index (χ0) is 19.1. The molecule has 142 valence electrons. The molecule has 3 heterocycles. The van der Waals surface area contributed by atoms with Crippen molar-refractivity contribution in [2.75, 3.05) is 13.1 Å². The first-order valence-electron chi connectivity index (χ1n) is 9.09. The van der Waals surface area contributed by atoms with Gasteiger partial charge in [0.15, 0.2) is 0 Å². The number of aromatic hydroxyl groups is 1. The van der Waals surface area contributed by atoms with E-state index < -0.39 is 0 Å². The normalized spacial score (nSPS) is 17.4. The SMILES string of the molecule is Cc1cccc([C@H](c2sc3nc(C)nn3c2O)N2CCC(C(N)=O)CC2)c1. The van der Waals surface area contributed by atoms with E-state index in [0.29, 0.717) is 10.8 Å². The van der Waals surface area contributed by atoms with Crippen LogP contribution in [0.25, 0.3) is 4.96 Å². The maximum atomic E-state index is 11.5. The summed E-state index contributed by atoms with van der Waals surface area (Å²) in [4.78, 5) is 19.8. The van der Waals surface area contributed by atoms with Crippen LogP contribution < -0.4 is 5.73 Å². The average molecular weight is 385 g/mol. The molecule has 0 spiro atoms. The molecule has 2 aromatic heterocycles. The summed E-state index contributed by atoms with van der Waals surface area (Å²) in [5, 5.41) is 15.1. The van der Waals surface area contributed by atoms with Gasteiger partial charge < -0.3 is 10.8 Å². The highest BCUT2D eigenvalue weighted by atomic mass is 32.1. The van der Waals surface area contributed by atoms with E-state index >= 15 is 0 Å². The van der Waals surface area contributed by atoms with E-state index in [1.54, 1.807) is 0 Å². The van der Waals surface area contributed by atoms with Gasteiger partial charge in [0, 0.05) is 5.92 Å². The van der Waals surface area contributed by atoms with Crippen molar-refractivity contribution in [1.29, 1.82) is 0 Å². The molecule has 1 amide bonds. The lowest BCUT2D eigenvalue weighted by atomic mass is 9.93. The minimum absolute atomic E-state index is 0.0713. The number of primary amides is 1. The molecule has 3 aromatic rings. The van der Waals surface area contributed by atoms with Crippen LogP contribution in [0.4, 0.5) is 0 Å². The summed E-state index contributed by atoms with van der Waals surface area (Å²) in [6.07, 6.45) is 1.47. The third kappa shape index (κ3) is 3.30. The molecule has 1 atom stereocenters. The van der Waals surface area contributed by atoms with Crippen molar-refractivity contribution in [3.05, 3.63) is 46.1 Å². The number of piperidine rings is 1. The highest BCUT2D eigenvalue weighted by molar-refractivity contribution is 7.17. The zero-order valence-electron chi connectivity index (χ0n) is 15.4. The van der Waals surface area contributed by atoms with E-state index in [0.717, 1.165) is 36.4 Å². The molecule has 7 nitrogen and oxygen atoms in total. The summed E-state index contributed by atoms with van der Waals surface area (Å²) in [5.41, 5.74) is 7.77. The Bertz CT molecular complexity index is 987. The molecule has 1 aliphatic heterocycles. The molecule has 1 fully saturated rings. The lowest BCUT2D eigenvalue weighted by Crippen LogP contribution is -2.40. The summed E-state index contributed by atoms with van der Waals surface area (Å²) in [6, 6.07) is 8.22. The maximum absolute atomic E-state index is 11.5. The number of nitrogens with zero attached hydrogens (tertiary/aromatic N) is 4. The van der Waals surface area contributed by atoms with Crippen molar-refractivity contribution < 1.29 is 9.90 Å². The Morgan fingerprint density at radius 2 is 2.07 bits per heavy atom. The van der Waals surface area contributed by atoms with E-state index in [-0.39, 0.29) is 23.7 Å². The Labute approximate surface area is 161 Å². The topological polar surface area (TPSA) is 96.8 Å². The van der Waals surface area contributed by atoms with Crippen LogP contribution in [-0.4, -0.2) is 43.6 Å². The number of hydrogen-bond acceptors (Lipinski definition) is 6. The van der Waals surface area contributed by atoms with Crippen LogP contribution >= 0.6 is 11.3 Å². The highest BCUT2D eigenvalue weighted by Crippen LogP contribution is 2.41. The summed E-state index contributed by atoms with van der Waals surface area (Å²) >= 11 is 1.46. The van der Waals surface area contributed by atoms with Crippen LogP contribution in [0.5, 0.6) is 5.88 Å². The number of nitrogens with two attached hydrogens (primary N) is 1. The van der Waals surface area contributed by atoms with Gasteiger partial charge in [-0.05, 0) is 45.3 Å². The minimum Gasteiger partial charge on any atom is -0.492 e. The van der Waals surface area contributed by atoms with Gasteiger partial charge in [-0.25, -0.2) is 4.98 Å². The Balaban J connectivity index is 1.75. The number of hydrogen-bond donors (Lipinski definition) is 2. The largest absolute Gasteiger partial charge is 0.492 e. The highest BCUT2D eigenvalue weighted by Gasteiger charge is 2.33. The quantitative estimate of drug-likeness (QED) is 0.719. The van der Waals surface area contributed by atoms with Gasteiger partial charge in [-0.2, -0.15) is 4.52 Å². The van der Waals surface area contributed by atoms with Crippen molar-refractivity contribution in [1.82, 2.24) is 19.5 Å². The van der Waals surface area contributed by atoms with Crippen LogP contribution in [0.15, 0.2) is 24.3 Å². The molecule has 0 bridgehead atoms. The van der Waals surface area contributed by atoms with Crippen LogP contribution in [0.2, 0.25) is 0 Å². The number of benzene rings is 1. The van der Waals surface area contributed by atoms with E-state index in [2.05, 4.69) is 40.1 Å². The van der Waals surface area contributed by atoms with E-state index in [1.165, 1.54) is 21.4 Å². The van der Waals surface area contributed by atoms with E-state index in [9.17, 15) is 9.90 Å². The molecule has 1 aromatic carbocycles. The first-order valence-corrected chi connectivity index (χ1v) is 9.90. The minimum atomic E-state index is -0.223. The summed E-state index contributed by atoms with van der Waals surface area (Å²) in [7, 11) is 0. The first-order chi connectivity index (χ1) is 12.9. The van der Waals surface area contributed by atoms with Crippen molar-refractivity contribution in [3.8, 4) is 5.88 Å². The number of carbonyl (C=O) groups is 1.